The molecule has 2 rings (SSSR count). The van der Waals surface area contributed by atoms with E-state index in [0.29, 0.717) is 33.7 Å². The van der Waals surface area contributed by atoms with E-state index in [9.17, 15) is 4.79 Å². The molecule has 0 saturated carbocycles. The first-order valence-electron chi connectivity index (χ1n) is 6.72. The van der Waals surface area contributed by atoms with Gasteiger partial charge in [0.2, 0.25) is 5.91 Å². The van der Waals surface area contributed by atoms with Gasteiger partial charge in [-0.1, -0.05) is 41.4 Å². The zero-order valence-electron chi connectivity index (χ0n) is 12.0. The predicted molar refractivity (Wildman–Crippen MR) is 91.2 cm³/mol. The molecule has 0 aliphatic carbocycles. The van der Waals surface area contributed by atoms with Crippen molar-refractivity contribution in [2.45, 2.75) is 6.42 Å². The van der Waals surface area contributed by atoms with Gasteiger partial charge in [-0.3, -0.25) is 4.79 Å². The molecule has 2 aromatic rings. The topological polar surface area (TPSA) is 50.4 Å². The van der Waals surface area contributed by atoms with Crippen molar-refractivity contribution in [2.24, 2.45) is 0 Å². The van der Waals surface area contributed by atoms with Crippen LogP contribution in [0.15, 0.2) is 42.5 Å². The van der Waals surface area contributed by atoms with Crippen molar-refractivity contribution in [3.8, 4) is 5.75 Å². The van der Waals surface area contributed by atoms with Crippen molar-refractivity contribution in [3.63, 3.8) is 0 Å². The number of carbonyl (C=O) groups excluding carboxylic acids is 1. The Bertz CT molecular complexity index is 642. The summed E-state index contributed by atoms with van der Waals surface area (Å²) in [5.41, 5.74) is 1.28. The van der Waals surface area contributed by atoms with E-state index < -0.39 is 0 Å². The van der Waals surface area contributed by atoms with Crippen molar-refractivity contribution in [3.05, 3.63) is 52.5 Å². The molecule has 0 atom stereocenters. The van der Waals surface area contributed by atoms with Crippen LogP contribution in [0.25, 0.3) is 0 Å². The number of hydrogen-bond acceptors (Lipinski definition) is 3. The minimum atomic E-state index is -0.125. The minimum absolute atomic E-state index is 0.125. The molecule has 0 aliphatic rings. The molecule has 22 heavy (non-hydrogen) atoms. The average molecular weight is 339 g/mol. The Balaban J connectivity index is 1.88. The van der Waals surface area contributed by atoms with Crippen LogP contribution < -0.4 is 15.4 Å². The number of halogens is 2. The Morgan fingerprint density at radius 1 is 1.09 bits per heavy atom. The molecule has 6 heteroatoms. The summed E-state index contributed by atoms with van der Waals surface area (Å²) < 4.78 is 5.19. The summed E-state index contributed by atoms with van der Waals surface area (Å²) in [5.74, 6) is 0.498. The van der Waals surface area contributed by atoms with E-state index in [0.717, 1.165) is 0 Å². The van der Waals surface area contributed by atoms with Crippen LogP contribution in [0.2, 0.25) is 10.0 Å². The van der Waals surface area contributed by atoms with Crippen LogP contribution in [-0.4, -0.2) is 19.6 Å². The van der Waals surface area contributed by atoms with Crippen molar-refractivity contribution < 1.29 is 9.53 Å². The predicted octanol–water partition coefficient (Wildman–Crippen LogP) is 4.44. The van der Waals surface area contributed by atoms with Crippen molar-refractivity contribution in [1.82, 2.24) is 0 Å². The molecule has 116 valence electrons. The average Bonchev–Trinajstić information content (AvgIpc) is 2.51. The maximum Gasteiger partial charge on any atom is 0.226 e. The van der Waals surface area contributed by atoms with Gasteiger partial charge in [0.1, 0.15) is 5.75 Å². The highest BCUT2D eigenvalue weighted by Crippen LogP contribution is 2.29. The highest BCUT2D eigenvalue weighted by atomic mass is 35.5. The highest BCUT2D eigenvalue weighted by molar-refractivity contribution is 6.39. The molecule has 0 saturated heterocycles. The second-order valence-corrected chi connectivity index (χ2v) is 5.34. The Kier molecular flexibility index (Phi) is 5.92. The van der Waals surface area contributed by atoms with E-state index >= 15 is 0 Å². The number of anilines is 2. The van der Waals surface area contributed by atoms with E-state index in [2.05, 4.69) is 10.6 Å². The van der Waals surface area contributed by atoms with E-state index in [1.54, 1.807) is 37.4 Å². The molecule has 0 spiro atoms. The van der Waals surface area contributed by atoms with E-state index in [-0.39, 0.29) is 12.3 Å². The van der Waals surface area contributed by atoms with Gasteiger partial charge in [0.05, 0.1) is 28.5 Å². The lowest BCUT2D eigenvalue weighted by molar-refractivity contribution is -0.116. The van der Waals surface area contributed by atoms with E-state index in [1.165, 1.54) is 0 Å². The fourth-order valence-corrected chi connectivity index (χ4v) is 2.46. The van der Waals surface area contributed by atoms with Gasteiger partial charge in [-0.05, 0) is 24.3 Å². The van der Waals surface area contributed by atoms with Gasteiger partial charge >= 0.3 is 0 Å². The molecule has 0 radical (unpaired) electrons. The standard InChI is InChI=1S/C16H16Cl2N2O2/c1-22-14-8-3-2-7-13(14)20-15(21)9-10-19-16-11(17)5-4-6-12(16)18/h2-8,19H,9-10H2,1H3,(H,20,21). The summed E-state index contributed by atoms with van der Waals surface area (Å²) in [6, 6.07) is 12.5. The fourth-order valence-electron chi connectivity index (χ4n) is 1.93. The van der Waals surface area contributed by atoms with Gasteiger partial charge in [-0.25, -0.2) is 0 Å². The number of methoxy groups -OCH3 is 1. The Morgan fingerprint density at radius 2 is 1.77 bits per heavy atom. The molecule has 4 nitrogen and oxygen atoms in total. The molecule has 1 amide bonds. The summed E-state index contributed by atoms with van der Waals surface area (Å²) >= 11 is 12.1. The number of rotatable bonds is 6. The third kappa shape index (κ3) is 4.29. The highest BCUT2D eigenvalue weighted by Gasteiger charge is 2.08. The summed E-state index contributed by atoms with van der Waals surface area (Å²) in [5, 5.41) is 6.93. The minimum Gasteiger partial charge on any atom is -0.495 e. The number of amides is 1. The van der Waals surface area contributed by atoms with Crippen LogP contribution in [0.1, 0.15) is 6.42 Å². The number of hydrogen-bond donors (Lipinski definition) is 2. The molecule has 0 heterocycles. The summed E-state index contributed by atoms with van der Waals surface area (Å²) in [4.78, 5) is 12.0. The van der Waals surface area contributed by atoms with Crippen LogP contribution in [-0.2, 0) is 4.79 Å². The molecular formula is C16H16Cl2N2O2. The van der Waals surface area contributed by atoms with E-state index in [1.807, 2.05) is 12.1 Å². The summed E-state index contributed by atoms with van der Waals surface area (Å²) in [6.07, 6.45) is 0.277. The van der Waals surface area contributed by atoms with Crippen LogP contribution in [0.5, 0.6) is 5.75 Å². The van der Waals surface area contributed by atoms with Crippen molar-refractivity contribution in [2.75, 3.05) is 24.3 Å². The maximum absolute atomic E-state index is 12.0. The third-order valence-electron chi connectivity index (χ3n) is 3.00. The largest absolute Gasteiger partial charge is 0.495 e. The van der Waals surface area contributed by atoms with Crippen LogP contribution >= 0.6 is 23.2 Å². The number of nitrogens with one attached hydrogen (secondary N) is 2. The van der Waals surface area contributed by atoms with Gasteiger partial charge in [0.15, 0.2) is 0 Å². The number of benzene rings is 2. The van der Waals surface area contributed by atoms with Gasteiger partial charge in [0, 0.05) is 13.0 Å². The van der Waals surface area contributed by atoms with Crippen molar-refractivity contribution in [1.29, 1.82) is 0 Å². The molecule has 0 bridgehead atoms. The third-order valence-corrected chi connectivity index (χ3v) is 3.63. The molecule has 2 N–H and O–H groups in total. The molecule has 2 aromatic carbocycles. The SMILES string of the molecule is COc1ccccc1NC(=O)CCNc1c(Cl)cccc1Cl. The van der Waals surface area contributed by atoms with Gasteiger partial charge in [-0.15, -0.1) is 0 Å². The lowest BCUT2D eigenvalue weighted by atomic mass is 10.2. The fraction of sp³-hybridized carbons (Fsp3) is 0.188. The Hall–Kier alpha value is -1.91. The first-order chi connectivity index (χ1) is 10.6. The van der Waals surface area contributed by atoms with Crippen LogP contribution in [0.4, 0.5) is 11.4 Å². The zero-order chi connectivity index (χ0) is 15.9. The molecule has 0 aliphatic heterocycles. The number of ether oxygens (including phenoxy) is 1. The second-order valence-electron chi connectivity index (χ2n) is 4.52. The number of carbonyl (C=O) groups is 1. The summed E-state index contributed by atoms with van der Waals surface area (Å²) in [6.45, 7) is 0.421. The van der Waals surface area contributed by atoms with Crippen molar-refractivity contribution >= 4 is 40.5 Å². The Morgan fingerprint density at radius 3 is 2.45 bits per heavy atom. The lowest BCUT2D eigenvalue weighted by Gasteiger charge is -2.12. The summed E-state index contributed by atoms with van der Waals surface area (Å²) in [7, 11) is 1.56. The monoisotopic (exact) mass is 338 g/mol. The first kappa shape index (κ1) is 16.5. The van der Waals surface area contributed by atoms with Gasteiger partial charge < -0.3 is 15.4 Å². The van der Waals surface area contributed by atoms with Gasteiger partial charge in [0.25, 0.3) is 0 Å². The number of para-hydroxylation sites is 3. The molecule has 0 fully saturated rings. The van der Waals surface area contributed by atoms with Crippen LogP contribution in [0.3, 0.4) is 0 Å². The van der Waals surface area contributed by atoms with Gasteiger partial charge in [-0.2, -0.15) is 0 Å². The molecule has 0 aromatic heterocycles. The molecular weight excluding hydrogens is 323 g/mol. The zero-order valence-corrected chi connectivity index (χ0v) is 13.5. The lowest BCUT2D eigenvalue weighted by Crippen LogP contribution is -2.16. The Labute approximate surface area is 139 Å². The van der Waals surface area contributed by atoms with Crippen LogP contribution in [0, 0.1) is 0 Å². The smallest absolute Gasteiger partial charge is 0.226 e. The second kappa shape index (κ2) is 7.92. The maximum atomic E-state index is 12.0. The molecule has 0 unspecified atom stereocenters. The normalized spacial score (nSPS) is 10.1. The first-order valence-corrected chi connectivity index (χ1v) is 7.48. The quantitative estimate of drug-likeness (QED) is 0.818. The van der Waals surface area contributed by atoms with E-state index in [4.69, 9.17) is 27.9 Å².